The molecule has 0 saturated carbocycles. The Hall–Kier alpha value is -0.0313. The van der Waals surface area contributed by atoms with Crippen LogP contribution >= 0.6 is 0 Å². The van der Waals surface area contributed by atoms with Gasteiger partial charge in [0.05, 0.1) is 6.10 Å². The van der Waals surface area contributed by atoms with Gasteiger partial charge in [-0.2, -0.15) is 0 Å². The normalized spacial score (nSPS) is 12.2. The van der Waals surface area contributed by atoms with Gasteiger partial charge in [-0.3, -0.25) is 4.79 Å². The van der Waals surface area contributed by atoms with Gasteiger partial charge in [-0.05, 0) is 32.1 Å². The van der Waals surface area contributed by atoms with Crippen LogP contribution in [0, 0.1) is 0 Å². The summed E-state index contributed by atoms with van der Waals surface area (Å²) in [5.41, 5.74) is 0. The topological polar surface area (TPSA) is 57.5 Å². The first-order valence-electron chi connectivity index (χ1n) is 14.9. The van der Waals surface area contributed by atoms with Crippen LogP contribution in [0.5, 0.6) is 0 Å². The standard InChI is InChI=1S/C18H34O3.3C4H9.Sn/c1-2-3-4-5-6-7-8-9-11-14-17(19)15-12-10-13-16-18(20)21;3*1-3-4-2;/h9,11,17,19H,2-8,10,12-16H2,1H3,(H,20,21);3*1,3-4H2,2H3;/b11-9-;;;;/t17-;;;;/m0..../s1. The summed E-state index contributed by atoms with van der Waals surface area (Å²) in [6, 6.07) is 0. The minimum absolute atomic E-state index is 0.244. The fraction of sp³-hybridized carbons (Fsp3) is 0.900. The second-order valence-electron chi connectivity index (χ2n) is 9.97. The van der Waals surface area contributed by atoms with E-state index in [2.05, 4.69) is 39.8 Å². The van der Waals surface area contributed by atoms with Gasteiger partial charge in [-0.15, -0.1) is 0 Å². The molecule has 1 atom stereocenters. The van der Waals surface area contributed by atoms with E-state index in [1.54, 1.807) is 13.3 Å². The number of carboxylic acids is 1. The Bertz CT molecular complexity index is 406. The molecule has 0 saturated heterocycles. The van der Waals surface area contributed by atoms with Crippen LogP contribution in [-0.2, 0) is 4.79 Å². The van der Waals surface area contributed by atoms with Gasteiger partial charge in [0.25, 0.3) is 0 Å². The van der Waals surface area contributed by atoms with E-state index < -0.39 is 25.7 Å². The Kier molecular flexibility index (Phi) is 32.9. The number of carboxylic acid groups (broad SMARTS) is 1. The molecule has 0 aliphatic carbocycles. The molecule has 0 aliphatic rings. The molecule has 0 unspecified atom stereocenters. The Labute approximate surface area is 221 Å². The molecule has 0 rings (SSSR count). The van der Waals surface area contributed by atoms with Crippen molar-refractivity contribution in [2.75, 3.05) is 0 Å². The van der Waals surface area contributed by atoms with E-state index >= 15 is 0 Å². The molecule has 4 heteroatoms. The van der Waals surface area contributed by atoms with E-state index in [-0.39, 0.29) is 12.5 Å². The number of unbranched alkanes of at least 4 members (excludes halogenated alkanes) is 11. The fourth-order valence-electron chi connectivity index (χ4n) is 4.02. The van der Waals surface area contributed by atoms with Gasteiger partial charge in [0, 0.05) is 6.42 Å². The third kappa shape index (κ3) is 32.0. The number of carbonyl (C=O) groups is 1. The Balaban J connectivity index is 0. The maximum atomic E-state index is 10.3. The molecular weight excluding hydrogens is 527 g/mol. The summed E-state index contributed by atoms with van der Waals surface area (Å²) < 4.78 is 5.04. The summed E-state index contributed by atoms with van der Waals surface area (Å²) in [7, 11) is 0. The van der Waals surface area contributed by atoms with Crippen LogP contribution in [0.1, 0.15) is 150 Å². The number of hydrogen-bond donors (Lipinski definition) is 2. The summed E-state index contributed by atoms with van der Waals surface area (Å²) in [4.78, 5) is 10.3. The fourth-order valence-corrected chi connectivity index (χ4v) is 13.5. The van der Waals surface area contributed by atoms with Crippen LogP contribution in [0.2, 0.25) is 13.3 Å². The first-order valence-corrected chi connectivity index (χ1v) is 20.9. The zero-order valence-corrected chi connectivity index (χ0v) is 26.4. The van der Waals surface area contributed by atoms with Crippen LogP contribution < -0.4 is 0 Å². The van der Waals surface area contributed by atoms with Crippen molar-refractivity contribution in [3.8, 4) is 0 Å². The molecule has 0 aromatic heterocycles. The third-order valence-electron chi connectivity index (χ3n) is 6.38. The molecule has 0 fully saturated rings. The van der Waals surface area contributed by atoms with Crippen molar-refractivity contribution in [1.29, 1.82) is 0 Å². The number of aliphatic hydroxyl groups excluding tert-OH is 1. The molecule has 0 amide bonds. The van der Waals surface area contributed by atoms with E-state index in [9.17, 15) is 9.90 Å². The number of aliphatic carboxylic acids is 1. The molecule has 2 N–H and O–H groups in total. The molecule has 0 heterocycles. The molecule has 0 aromatic rings. The first-order chi connectivity index (χ1) is 16.5. The van der Waals surface area contributed by atoms with Crippen LogP contribution in [0.3, 0.4) is 0 Å². The maximum absolute atomic E-state index is 10.3. The Morgan fingerprint density at radius 2 is 1.18 bits per heavy atom. The zero-order valence-electron chi connectivity index (χ0n) is 23.6. The molecule has 0 aliphatic heterocycles. The molecular formula is C30H61O3Sn. The van der Waals surface area contributed by atoms with Crippen LogP contribution in [0.4, 0.5) is 0 Å². The number of hydrogen-bond acceptors (Lipinski definition) is 2. The SMILES string of the molecule is CCCCCCCC/C=C\C[C@H](O)CCCCCC(=O)O.CCC[CH2][Sn]([CH2]CCC)[CH2]CCC. The Morgan fingerprint density at radius 1 is 0.676 bits per heavy atom. The van der Waals surface area contributed by atoms with Gasteiger partial charge in [-0.1, -0.05) is 64.0 Å². The van der Waals surface area contributed by atoms with Crippen LogP contribution in [0.25, 0.3) is 0 Å². The minimum atomic E-state index is -0.839. The summed E-state index contributed by atoms with van der Waals surface area (Å²) in [6.45, 7) is 9.24. The van der Waals surface area contributed by atoms with Crippen molar-refractivity contribution < 1.29 is 15.0 Å². The monoisotopic (exact) mass is 589 g/mol. The van der Waals surface area contributed by atoms with E-state index in [0.717, 1.165) is 38.5 Å². The summed E-state index contributed by atoms with van der Waals surface area (Å²) in [6.07, 6.45) is 26.2. The summed E-state index contributed by atoms with van der Waals surface area (Å²) >= 11 is -0.839. The number of rotatable bonds is 24. The van der Waals surface area contributed by atoms with E-state index in [4.69, 9.17) is 5.11 Å². The summed E-state index contributed by atoms with van der Waals surface area (Å²) in [5.74, 6) is -0.729. The van der Waals surface area contributed by atoms with E-state index in [1.807, 2.05) is 0 Å². The summed E-state index contributed by atoms with van der Waals surface area (Å²) in [5, 5.41) is 18.3. The van der Waals surface area contributed by atoms with Gasteiger partial charge < -0.3 is 10.2 Å². The number of allylic oxidation sites excluding steroid dienone is 1. The van der Waals surface area contributed by atoms with Crippen LogP contribution in [0.15, 0.2) is 12.2 Å². The van der Waals surface area contributed by atoms with Crippen molar-refractivity contribution >= 4 is 25.7 Å². The van der Waals surface area contributed by atoms with Gasteiger partial charge in [0.2, 0.25) is 0 Å². The van der Waals surface area contributed by atoms with Gasteiger partial charge in [-0.25, -0.2) is 0 Å². The quantitative estimate of drug-likeness (QED) is 0.0670. The first kappa shape index (κ1) is 36.1. The average Bonchev–Trinajstić information content (AvgIpc) is 2.82. The van der Waals surface area contributed by atoms with Gasteiger partial charge in [0.1, 0.15) is 0 Å². The molecule has 3 nitrogen and oxygen atoms in total. The Morgan fingerprint density at radius 3 is 1.71 bits per heavy atom. The number of aliphatic hydroxyl groups is 1. The average molecular weight is 589 g/mol. The van der Waals surface area contributed by atoms with Crippen LogP contribution in [-0.4, -0.2) is 42.0 Å². The van der Waals surface area contributed by atoms with E-state index in [1.165, 1.54) is 77.0 Å². The van der Waals surface area contributed by atoms with Crippen molar-refractivity contribution in [3.63, 3.8) is 0 Å². The molecule has 0 aromatic carbocycles. The predicted octanol–water partition coefficient (Wildman–Crippen LogP) is 9.96. The predicted molar refractivity (Wildman–Crippen MR) is 153 cm³/mol. The second-order valence-corrected chi connectivity index (χ2v) is 18.5. The van der Waals surface area contributed by atoms with Gasteiger partial charge >= 0.3 is 98.3 Å². The second kappa shape index (κ2) is 31.0. The molecule has 203 valence electrons. The van der Waals surface area contributed by atoms with Crippen molar-refractivity contribution in [1.82, 2.24) is 0 Å². The molecule has 0 bridgehead atoms. The van der Waals surface area contributed by atoms with Crippen molar-refractivity contribution in [2.45, 2.75) is 169 Å². The van der Waals surface area contributed by atoms with Gasteiger partial charge in [0.15, 0.2) is 0 Å². The van der Waals surface area contributed by atoms with Crippen molar-refractivity contribution in [3.05, 3.63) is 12.2 Å². The molecule has 34 heavy (non-hydrogen) atoms. The molecule has 1 radical (unpaired) electrons. The zero-order chi connectivity index (χ0) is 25.7. The third-order valence-corrected chi connectivity index (χ3v) is 15.5. The van der Waals surface area contributed by atoms with E-state index in [0.29, 0.717) is 0 Å². The van der Waals surface area contributed by atoms with Crippen molar-refractivity contribution in [2.24, 2.45) is 0 Å². The molecule has 0 spiro atoms.